The van der Waals surface area contributed by atoms with Crippen molar-refractivity contribution < 1.29 is 32.7 Å². The minimum absolute atomic E-state index is 0. The monoisotopic (exact) mass is 180 g/mol. The quantitative estimate of drug-likeness (QED) is 0.539. The summed E-state index contributed by atoms with van der Waals surface area (Å²) in [5.74, 6) is 0. The van der Waals surface area contributed by atoms with Gasteiger partial charge < -0.3 is 5.73 Å². The van der Waals surface area contributed by atoms with Crippen LogP contribution in [0.2, 0.25) is 0 Å². The molecule has 0 aliphatic carbocycles. The number of benzene rings is 1. The zero-order valence-electron chi connectivity index (χ0n) is 4.39. The Morgan fingerprint density at radius 3 is 2.38 bits per heavy atom. The molecule has 2 radical (unpaired) electrons. The van der Waals surface area contributed by atoms with Gasteiger partial charge in [-0.1, -0.05) is 5.69 Å². The molecular formula is C6H5NY-. The van der Waals surface area contributed by atoms with Crippen molar-refractivity contribution in [1.82, 2.24) is 5.73 Å². The van der Waals surface area contributed by atoms with E-state index in [1.807, 2.05) is 12.1 Å². The largest absolute Gasteiger partial charge is 0.328 e. The maximum absolute atomic E-state index is 6.94. The third-order valence-corrected chi connectivity index (χ3v) is 0.709. The Morgan fingerprint density at radius 2 is 2.12 bits per heavy atom. The Balaban J connectivity index is 0.000000490. The van der Waals surface area contributed by atoms with E-state index in [2.05, 4.69) is 6.07 Å². The van der Waals surface area contributed by atoms with Crippen LogP contribution < -0.4 is 5.73 Å². The van der Waals surface area contributed by atoms with Gasteiger partial charge in [0.05, 0.1) is 0 Å². The van der Waals surface area contributed by atoms with Crippen molar-refractivity contribution in [2.24, 2.45) is 0 Å². The van der Waals surface area contributed by atoms with Crippen LogP contribution in [0.5, 0.6) is 0 Å². The SMILES string of the molecule is [NH]c1[c-]cccc1.[Y]. The molecule has 1 aromatic rings. The van der Waals surface area contributed by atoms with Crippen molar-refractivity contribution in [3.8, 4) is 0 Å². The molecule has 0 aliphatic rings. The van der Waals surface area contributed by atoms with E-state index in [1.54, 1.807) is 12.1 Å². The fraction of sp³-hybridized carbons (Fsp3) is 0. The molecule has 1 rings (SSSR count). The fourth-order valence-corrected chi connectivity index (χ4v) is 0.393. The van der Waals surface area contributed by atoms with Crippen LogP contribution in [-0.2, 0) is 32.7 Å². The fourth-order valence-electron chi connectivity index (χ4n) is 0.393. The average Bonchev–Trinajstić information content (AvgIpc) is 1.69. The van der Waals surface area contributed by atoms with Crippen LogP contribution in [0.1, 0.15) is 0 Å². The summed E-state index contributed by atoms with van der Waals surface area (Å²) in [6.45, 7) is 0. The van der Waals surface area contributed by atoms with Crippen molar-refractivity contribution in [3.05, 3.63) is 30.3 Å². The van der Waals surface area contributed by atoms with Crippen molar-refractivity contribution in [3.63, 3.8) is 0 Å². The maximum Gasteiger partial charge on any atom is 0 e. The molecule has 0 spiro atoms. The topological polar surface area (TPSA) is 23.8 Å². The predicted molar refractivity (Wildman–Crippen MR) is 28.0 cm³/mol. The maximum atomic E-state index is 6.94. The molecule has 0 unspecified atom stereocenters. The van der Waals surface area contributed by atoms with Gasteiger partial charge in [-0.25, -0.2) is 0 Å². The van der Waals surface area contributed by atoms with E-state index in [-0.39, 0.29) is 32.7 Å². The van der Waals surface area contributed by atoms with Gasteiger partial charge in [0.15, 0.2) is 0 Å². The summed E-state index contributed by atoms with van der Waals surface area (Å²) >= 11 is 0. The molecule has 0 aromatic heterocycles. The molecule has 38 valence electrons. The van der Waals surface area contributed by atoms with E-state index in [0.29, 0.717) is 5.69 Å². The molecule has 0 bridgehead atoms. The molecule has 0 amide bonds. The first kappa shape index (κ1) is 8.12. The molecule has 0 heterocycles. The number of rotatable bonds is 0. The summed E-state index contributed by atoms with van der Waals surface area (Å²) in [7, 11) is 0. The predicted octanol–water partition coefficient (Wildman–Crippen LogP) is 1.40. The van der Waals surface area contributed by atoms with Crippen LogP contribution in [0, 0.1) is 6.07 Å². The van der Waals surface area contributed by atoms with Crippen LogP contribution >= 0.6 is 0 Å². The Hall–Kier alpha value is 0.124. The molecule has 1 nitrogen and oxygen atoms in total. The van der Waals surface area contributed by atoms with Gasteiger partial charge in [-0.2, -0.15) is 24.3 Å². The summed E-state index contributed by atoms with van der Waals surface area (Å²) in [6, 6.07) is 9.78. The first-order valence-corrected chi connectivity index (χ1v) is 2.08. The molecule has 2 heteroatoms. The molecule has 8 heavy (non-hydrogen) atoms. The van der Waals surface area contributed by atoms with Crippen molar-refractivity contribution >= 4 is 5.69 Å². The molecule has 1 N–H and O–H groups in total. The molecule has 0 aliphatic heterocycles. The van der Waals surface area contributed by atoms with Crippen LogP contribution in [0.25, 0.3) is 0 Å². The van der Waals surface area contributed by atoms with Gasteiger partial charge in [-0.15, -0.1) is 6.07 Å². The van der Waals surface area contributed by atoms with E-state index < -0.39 is 0 Å². The van der Waals surface area contributed by atoms with Gasteiger partial charge in [-0.3, -0.25) is 0 Å². The second kappa shape index (κ2) is 4.05. The van der Waals surface area contributed by atoms with Crippen molar-refractivity contribution in [2.75, 3.05) is 0 Å². The van der Waals surface area contributed by atoms with Gasteiger partial charge in [0.2, 0.25) is 0 Å². The summed E-state index contributed by atoms with van der Waals surface area (Å²) in [5, 5.41) is 0. The first-order chi connectivity index (χ1) is 3.39. The molecule has 0 saturated heterocycles. The zero-order valence-corrected chi connectivity index (χ0v) is 7.23. The normalized spacial score (nSPS) is 7.50. The van der Waals surface area contributed by atoms with Gasteiger partial charge in [0, 0.05) is 32.7 Å². The minimum atomic E-state index is 0. The van der Waals surface area contributed by atoms with Gasteiger partial charge >= 0.3 is 0 Å². The van der Waals surface area contributed by atoms with Crippen molar-refractivity contribution in [1.29, 1.82) is 0 Å². The Labute approximate surface area is 74.2 Å². The van der Waals surface area contributed by atoms with E-state index in [1.165, 1.54) is 0 Å². The van der Waals surface area contributed by atoms with E-state index in [0.717, 1.165) is 0 Å². The zero-order chi connectivity index (χ0) is 5.11. The average molecular weight is 180 g/mol. The number of hydrogen-bond donors (Lipinski definition) is 0. The van der Waals surface area contributed by atoms with Gasteiger partial charge in [-0.05, 0) is 0 Å². The molecule has 0 atom stereocenters. The standard InChI is InChI=1S/C6H5N.Y/c7-6-4-2-1-3-5-6;/h1-4,7H;/q-1;. The molecule has 1 aromatic carbocycles. The number of nitrogens with one attached hydrogen (secondary N) is 1. The Kier molecular flexibility index (Phi) is 4.11. The van der Waals surface area contributed by atoms with Gasteiger partial charge in [0.25, 0.3) is 0 Å². The number of hydrogen-bond acceptors (Lipinski definition) is 0. The van der Waals surface area contributed by atoms with E-state index >= 15 is 0 Å². The summed E-state index contributed by atoms with van der Waals surface area (Å²) in [4.78, 5) is 0. The summed E-state index contributed by atoms with van der Waals surface area (Å²) < 4.78 is 0. The third kappa shape index (κ3) is 2.44. The smallest absolute Gasteiger partial charge is 0 e. The Morgan fingerprint density at radius 1 is 1.38 bits per heavy atom. The second-order valence-corrected chi connectivity index (χ2v) is 1.28. The molecule has 0 saturated carbocycles. The third-order valence-electron chi connectivity index (χ3n) is 0.709. The van der Waals surface area contributed by atoms with Crippen molar-refractivity contribution in [2.45, 2.75) is 0 Å². The van der Waals surface area contributed by atoms with E-state index in [9.17, 15) is 0 Å². The minimum Gasteiger partial charge on any atom is -0.328 e. The van der Waals surface area contributed by atoms with E-state index in [4.69, 9.17) is 5.73 Å². The summed E-state index contributed by atoms with van der Waals surface area (Å²) in [6.07, 6.45) is 0. The van der Waals surface area contributed by atoms with Gasteiger partial charge in [0.1, 0.15) is 0 Å². The summed E-state index contributed by atoms with van der Waals surface area (Å²) in [5.41, 5.74) is 7.39. The molecular weight excluding hydrogens is 175 g/mol. The van der Waals surface area contributed by atoms with Crippen LogP contribution in [0.3, 0.4) is 0 Å². The first-order valence-electron chi connectivity index (χ1n) is 2.08. The Bertz CT molecular complexity index is 138. The van der Waals surface area contributed by atoms with Crippen LogP contribution in [0.15, 0.2) is 24.3 Å². The molecule has 0 fully saturated rings. The van der Waals surface area contributed by atoms with Crippen LogP contribution in [-0.4, -0.2) is 0 Å². The second-order valence-electron chi connectivity index (χ2n) is 1.28. The van der Waals surface area contributed by atoms with Crippen LogP contribution in [0.4, 0.5) is 5.69 Å².